The van der Waals surface area contributed by atoms with Crippen LogP contribution in [0, 0.1) is 5.92 Å². The molecule has 0 radical (unpaired) electrons. The summed E-state index contributed by atoms with van der Waals surface area (Å²) in [6, 6.07) is 7.91. The van der Waals surface area contributed by atoms with Crippen molar-refractivity contribution < 1.29 is 4.74 Å². The zero-order chi connectivity index (χ0) is 14.1. The number of hydrogen-bond donors (Lipinski definition) is 2. The molecule has 4 heteroatoms. The quantitative estimate of drug-likeness (QED) is 0.587. The number of nitrogens with two attached hydrogens (primary N) is 1. The van der Waals surface area contributed by atoms with Crippen LogP contribution in [0.5, 0.6) is 5.75 Å². The molecule has 0 heterocycles. The van der Waals surface area contributed by atoms with Crippen LogP contribution in [0.3, 0.4) is 0 Å². The van der Waals surface area contributed by atoms with Crippen LogP contribution in [0.2, 0.25) is 0 Å². The summed E-state index contributed by atoms with van der Waals surface area (Å²) >= 11 is 0. The van der Waals surface area contributed by atoms with E-state index in [-0.39, 0.29) is 0 Å². The molecule has 1 rings (SSSR count). The van der Waals surface area contributed by atoms with E-state index in [0.717, 1.165) is 24.3 Å². The van der Waals surface area contributed by atoms with Crippen LogP contribution in [-0.2, 0) is 6.54 Å². The summed E-state index contributed by atoms with van der Waals surface area (Å²) in [5.41, 5.74) is 6.88. The Bertz CT molecular complexity index is 402. The second-order valence-corrected chi connectivity index (χ2v) is 4.85. The number of guanidine groups is 1. The molecule has 0 saturated carbocycles. The second-order valence-electron chi connectivity index (χ2n) is 4.85. The van der Waals surface area contributed by atoms with Gasteiger partial charge < -0.3 is 15.8 Å². The highest BCUT2D eigenvalue weighted by molar-refractivity contribution is 5.77. The van der Waals surface area contributed by atoms with E-state index in [4.69, 9.17) is 10.5 Å². The van der Waals surface area contributed by atoms with Gasteiger partial charge in [0.1, 0.15) is 5.75 Å². The molecule has 0 aliphatic carbocycles. The summed E-state index contributed by atoms with van der Waals surface area (Å²) in [4.78, 5) is 4.34. The highest BCUT2D eigenvalue weighted by Crippen LogP contribution is 2.18. The number of para-hydroxylation sites is 1. The number of hydrogen-bond acceptors (Lipinski definition) is 2. The van der Waals surface area contributed by atoms with Gasteiger partial charge in [-0.05, 0) is 25.3 Å². The van der Waals surface area contributed by atoms with E-state index in [1.165, 1.54) is 0 Å². The predicted molar refractivity (Wildman–Crippen MR) is 80.4 cm³/mol. The normalized spacial score (nSPS) is 11.7. The number of benzene rings is 1. The second kappa shape index (κ2) is 8.40. The third-order valence-electron chi connectivity index (χ3n) is 2.72. The van der Waals surface area contributed by atoms with Crippen molar-refractivity contribution in [3.63, 3.8) is 0 Å². The van der Waals surface area contributed by atoms with Gasteiger partial charge in [0, 0.05) is 12.1 Å². The minimum atomic E-state index is 0.493. The first-order chi connectivity index (χ1) is 9.13. The Morgan fingerprint density at radius 3 is 2.79 bits per heavy atom. The van der Waals surface area contributed by atoms with Gasteiger partial charge in [-0.3, -0.25) is 0 Å². The van der Waals surface area contributed by atoms with Crippen LogP contribution >= 0.6 is 0 Å². The lowest BCUT2D eigenvalue weighted by atomic mass is 10.1. The Kier molecular flexibility index (Phi) is 6.79. The molecule has 0 bridgehead atoms. The maximum absolute atomic E-state index is 5.83. The Morgan fingerprint density at radius 2 is 2.11 bits per heavy atom. The van der Waals surface area contributed by atoms with Crippen molar-refractivity contribution in [3.05, 3.63) is 29.8 Å². The first-order valence-corrected chi connectivity index (χ1v) is 6.88. The summed E-state index contributed by atoms with van der Waals surface area (Å²) in [6.07, 6.45) is 1.09. The van der Waals surface area contributed by atoms with Crippen LogP contribution in [0.15, 0.2) is 29.3 Å². The molecule has 0 spiro atoms. The third kappa shape index (κ3) is 6.13. The Labute approximate surface area is 116 Å². The van der Waals surface area contributed by atoms with Gasteiger partial charge in [0.25, 0.3) is 0 Å². The largest absolute Gasteiger partial charge is 0.494 e. The van der Waals surface area contributed by atoms with E-state index in [2.05, 4.69) is 24.2 Å². The van der Waals surface area contributed by atoms with Gasteiger partial charge in [0.2, 0.25) is 0 Å². The lowest BCUT2D eigenvalue weighted by molar-refractivity contribution is 0.336. The average molecular weight is 263 g/mol. The number of aliphatic imine (C=N–C) groups is 1. The first kappa shape index (κ1) is 15.3. The van der Waals surface area contributed by atoms with Gasteiger partial charge in [-0.15, -0.1) is 0 Å². The lowest BCUT2D eigenvalue weighted by Crippen LogP contribution is -2.32. The molecule has 0 saturated heterocycles. The van der Waals surface area contributed by atoms with Crippen molar-refractivity contribution in [2.75, 3.05) is 13.2 Å². The van der Waals surface area contributed by atoms with Gasteiger partial charge in [0.15, 0.2) is 5.96 Å². The summed E-state index contributed by atoms with van der Waals surface area (Å²) in [5, 5.41) is 3.12. The fraction of sp³-hybridized carbons (Fsp3) is 0.533. The number of nitrogens with zero attached hydrogens (tertiary/aromatic N) is 1. The zero-order valence-electron chi connectivity index (χ0n) is 12.1. The van der Waals surface area contributed by atoms with E-state index >= 15 is 0 Å². The molecule has 0 amide bonds. The van der Waals surface area contributed by atoms with Gasteiger partial charge >= 0.3 is 0 Å². The van der Waals surface area contributed by atoms with Crippen LogP contribution in [-0.4, -0.2) is 19.1 Å². The molecule has 1 aromatic carbocycles. The highest BCUT2D eigenvalue weighted by atomic mass is 16.5. The van der Waals surface area contributed by atoms with Crippen LogP contribution in [0.25, 0.3) is 0 Å². The highest BCUT2D eigenvalue weighted by Gasteiger charge is 2.01. The molecule has 0 aliphatic rings. The molecule has 3 N–H and O–H groups in total. The Hall–Kier alpha value is -1.71. The summed E-state index contributed by atoms with van der Waals surface area (Å²) in [7, 11) is 0. The topological polar surface area (TPSA) is 59.6 Å². The minimum Gasteiger partial charge on any atom is -0.494 e. The standard InChI is InChI=1S/C15H25N3O/c1-4-19-14-8-6-5-7-13(14)11-18-15(16)17-10-9-12(2)3/h5-8,12H,4,9-11H2,1-3H3,(H3,16,17,18). The SMILES string of the molecule is CCOc1ccccc1CN=C(N)NCCC(C)C. The molecule has 0 fully saturated rings. The number of rotatable bonds is 7. The van der Waals surface area contributed by atoms with E-state index in [0.29, 0.717) is 25.0 Å². The summed E-state index contributed by atoms with van der Waals surface area (Å²) < 4.78 is 5.55. The Morgan fingerprint density at radius 1 is 1.37 bits per heavy atom. The van der Waals surface area contributed by atoms with Crippen molar-refractivity contribution in [2.45, 2.75) is 33.7 Å². The van der Waals surface area contributed by atoms with E-state index in [9.17, 15) is 0 Å². The fourth-order valence-electron chi connectivity index (χ4n) is 1.65. The van der Waals surface area contributed by atoms with E-state index in [1.807, 2.05) is 31.2 Å². The van der Waals surface area contributed by atoms with E-state index < -0.39 is 0 Å². The van der Waals surface area contributed by atoms with Crippen LogP contribution in [0.1, 0.15) is 32.8 Å². The first-order valence-electron chi connectivity index (χ1n) is 6.88. The lowest BCUT2D eigenvalue weighted by Gasteiger charge is -2.09. The van der Waals surface area contributed by atoms with E-state index in [1.54, 1.807) is 0 Å². The smallest absolute Gasteiger partial charge is 0.188 e. The minimum absolute atomic E-state index is 0.493. The Balaban J connectivity index is 2.50. The van der Waals surface area contributed by atoms with Crippen LogP contribution in [0.4, 0.5) is 0 Å². The van der Waals surface area contributed by atoms with Crippen molar-refractivity contribution in [2.24, 2.45) is 16.6 Å². The zero-order valence-corrected chi connectivity index (χ0v) is 12.1. The summed E-state index contributed by atoms with van der Waals surface area (Å²) in [6.45, 7) is 8.40. The number of nitrogens with one attached hydrogen (secondary N) is 1. The average Bonchev–Trinajstić information content (AvgIpc) is 2.37. The van der Waals surface area contributed by atoms with Crippen molar-refractivity contribution in [1.82, 2.24) is 5.32 Å². The molecule has 0 aliphatic heterocycles. The van der Waals surface area contributed by atoms with Gasteiger partial charge in [-0.1, -0.05) is 32.0 Å². The van der Waals surface area contributed by atoms with Crippen molar-refractivity contribution in [3.8, 4) is 5.75 Å². The molecule has 0 atom stereocenters. The molecule has 0 aromatic heterocycles. The number of ether oxygens (including phenoxy) is 1. The van der Waals surface area contributed by atoms with Gasteiger partial charge in [-0.2, -0.15) is 0 Å². The van der Waals surface area contributed by atoms with Gasteiger partial charge in [-0.25, -0.2) is 4.99 Å². The monoisotopic (exact) mass is 263 g/mol. The maximum Gasteiger partial charge on any atom is 0.188 e. The van der Waals surface area contributed by atoms with Crippen molar-refractivity contribution >= 4 is 5.96 Å². The molecular weight excluding hydrogens is 238 g/mol. The summed E-state index contributed by atoms with van der Waals surface area (Å²) in [5.74, 6) is 2.04. The van der Waals surface area contributed by atoms with Crippen molar-refractivity contribution in [1.29, 1.82) is 0 Å². The molecule has 1 aromatic rings. The third-order valence-corrected chi connectivity index (χ3v) is 2.72. The molecule has 4 nitrogen and oxygen atoms in total. The fourth-order valence-corrected chi connectivity index (χ4v) is 1.65. The molecule has 19 heavy (non-hydrogen) atoms. The van der Waals surface area contributed by atoms with Crippen LogP contribution < -0.4 is 15.8 Å². The predicted octanol–water partition coefficient (Wildman–Crippen LogP) is 2.54. The molecular formula is C15H25N3O. The molecule has 106 valence electrons. The van der Waals surface area contributed by atoms with Gasteiger partial charge in [0.05, 0.1) is 13.2 Å². The molecule has 0 unspecified atom stereocenters. The maximum atomic E-state index is 5.83.